The van der Waals surface area contributed by atoms with Crippen LogP contribution in [0.3, 0.4) is 0 Å². The van der Waals surface area contributed by atoms with Crippen LogP contribution in [0.4, 0.5) is 11.4 Å². The number of methoxy groups -OCH3 is 1. The van der Waals surface area contributed by atoms with Crippen molar-refractivity contribution < 1.29 is 14.3 Å². The molecule has 0 bridgehead atoms. The van der Waals surface area contributed by atoms with E-state index in [0.717, 1.165) is 5.56 Å². The maximum absolute atomic E-state index is 12.5. The molecule has 0 spiro atoms. The van der Waals surface area contributed by atoms with Gasteiger partial charge in [-0.3, -0.25) is 9.59 Å². The van der Waals surface area contributed by atoms with E-state index in [1.54, 1.807) is 18.2 Å². The highest BCUT2D eigenvalue weighted by atomic mass is 35.5. The molecule has 0 saturated carbocycles. The van der Waals surface area contributed by atoms with Gasteiger partial charge in [-0.2, -0.15) is 0 Å². The minimum absolute atomic E-state index is 0.351. The largest absolute Gasteiger partial charge is 0.495 e. The monoisotopic (exact) mass is 346 g/mol. The number of nitrogens with one attached hydrogen (secondary N) is 1. The topological polar surface area (TPSA) is 58.6 Å². The fraction of sp³-hybridized carbons (Fsp3) is 0.222. The van der Waals surface area contributed by atoms with Gasteiger partial charge in [0, 0.05) is 17.3 Å². The first kappa shape index (κ1) is 17.8. The van der Waals surface area contributed by atoms with E-state index < -0.39 is 11.8 Å². The summed E-state index contributed by atoms with van der Waals surface area (Å²) in [7, 11) is 1.48. The van der Waals surface area contributed by atoms with Crippen molar-refractivity contribution in [1.82, 2.24) is 0 Å². The summed E-state index contributed by atoms with van der Waals surface area (Å²) in [5.74, 6) is -0.969. The van der Waals surface area contributed by atoms with Crippen molar-refractivity contribution in [2.45, 2.75) is 13.8 Å². The van der Waals surface area contributed by atoms with Crippen molar-refractivity contribution in [2.24, 2.45) is 0 Å². The summed E-state index contributed by atoms with van der Waals surface area (Å²) in [5.41, 5.74) is 2.04. The Morgan fingerprint density at radius 3 is 2.58 bits per heavy atom. The Bertz CT molecular complexity index is 762. The summed E-state index contributed by atoms with van der Waals surface area (Å²) >= 11 is 5.94. The molecule has 0 heterocycles. The predicted molar refractivity (Wildman–Crippen MR) is 95.8 cm³/mol. The Hall–Kier alpha value is -2.53. The maximum Gasteiger partial charge on any atom is 0.316 e. The molecule has 0 atom stereocenters. The summed E-state index contributed by atoms with van der Waals surface area (Å²) in [5, 5.41) is 3.00. The van der Waals surface area contributed by atoms with Gasteiger partial charge < -0.3 is 15.0 Å². The SMILES string of the molecule is CCN(C(=O)C(=O)Nc1cc(Cl)ccc1OC)c1cccc(C)c1. The Morgan fingerprint density at radius 2 is 1.96 bits per heavy atom. The molecule has 0 aromatic heterocycles. The Morgan fingerprint density at radius 1 is 1.21 bits per heavy atom. The van der Waals surface area contributed by atoms with Crippen LogP contribution < -0.4 is 15.0 Å². The summed E-state index contributed by atoms with van der Waals surface area (Å²) in [4.78, 5) is 26.3. The Labute approximate surface area is 146 Å². The van der Waals surface area contributed by atoms with Gasteiger partial charge in [0.15, 0.2) is 0 Å². The number of rotatable bonds is 4. The predicted octanol–water partition coefficient (Wildman–Crippen LogP) is 3.65. The van der Waals surface area contributed by atoms with Crippen molar-refractivity contribution in [3.63, 3.8) is 0 Å². The highest BCUT2D eigenvalue weighted by Crippen LogP contribution is 2.27. The first-order valence-corrected chi connectivity index (χ1v) is 7.87. The van der Waals surface area contributed by atoms with E-state index in [9.17, 15) is 9.59 Å². The second kappa shape index (κ2) is 7.84. The number of carbonyl (C=O) groups excluding carboxylic acids is 2. The lowest BCUT2D eigenvalue weighted by Crippen LogP contribution is -2.39. The quantitative estimate of drug-likeness (QED) is 0.860. The van der Waals surface area contributed by atoms with Crippen LogP contribution in [0.5, 0.6) is 5.75 Å². The minimum atomic E-state index is -0.751. The van der Waals surface area contributed by atoms with Crippen LogP contribution in [0.2, 0.25) is 5.02 Å². The van der Waals surface area contributed by atoms with E-state index in [4.69, 9.17) is 16.3 Å². The number of ether oxygens (including phenoxy) is 1. The van der Waals surface area contributed by atoms with Gasteiger partial charge in [0.2, 0.25) is 0 Å². The van der Waals surface area contributed by atoms with Gasteiger partial charge in [-0.1, -0.05) is 23.7 Å². The molecule has 2 rings (SSSR count). The zero-order chi connectivity index (χ0) is 17.7. The van der Waals surface area contributed by atoms with Crippen LogP contribution in [0, 0.1) is 6.92 Å². The standard InChI is InChI=1S/C18H19ClN2O3/c1-4-21(14-7-5-6-12(2)10-14)18(23)17(22)20-15-11-13(19)8-9-16(15)24-3/h5-11H,4H2,1-3H3,(H,20,22). The van der Waals surface area contributed by atoms with E-state index in [1.807, 2.05) is 32.0 Å². The average Bonchev–Trinajstić information content (AvgIpc) is 2.55. The average molecular weight is 347 g/mol. The summed E-state index contributed by atoms with van der Waals surface area (Å²) in [6.45, 7) is 4.12. The zero-order valence-corrected chi connectivity index (χ0v) is 14.6. The number of hydrogen-bond donors (Lipinski definition) is 1. The molecule has 0 saturated heterocycles. The van der Waals surface area contributed by atoms with E-state index in [-0.39, 0.29) is 0 Å². The zero-order valence-electron chi connectivity index (χ0n) is 13.8. The highest BCUT2D eigenvalue weighted by molar-refractivity contribution is 6.44. The minimum Gasteiger partial charge on any atom is -0.495 e. The number of anilines is 2. The molecule has 0 radical (unpaired) electrons. The molecular weight excluding hydrogens is 328 g/mol. The molecule has 0 unspecified atom stereocenters. The van der Waals surface area contributed by atoms with Crippen LogP contribution in [0.1, 0.15) is 12.5 Å². The lowest BCUT2D eigenvalue weighted by atomic mass is 10.2. The van der Waals surface area contributed by atoms with Gasteiger partial charge in [-0.15, -0.1) is 0 Å². The van der Waals surface area contributed by atoms with Crippen LogP contribution >= 0.6 is 11.6 Å². The molecule has 0 aliphatic heterocycles. The fourth-order valence-corrected chi connectivity index (χ4v) is 2.49. The molecule has 5 nitrogen and oxygen atoms in total. The number of hydrogen-bond acceptors (Lipinski definition) is 3. The molecule has 24 heavy (non-hydrogen) atoms. The van der Waals surface area contributed by atoms with Crippen molar-refractivity contribution in [3.05, 3.63) is 53.1 Å². The van der Waals surface area contributed by atoms with Gasteiger partial charge in [-0.05, 0) is 49.7 Å². The second-order valence-electron chi connectivity index (χ2n) is 5.19. The summed E-state index contributed by atoms with van der Waals surface area (Å²) < 4.78 is 5.17. The number of halogens is 1. The molecule has 2 amide bonds. The summed E-state index contributed by atoms with van der Waals surface area (Å²) in [6, 6.07) is 12.2. The van der Waals surface area contributed by atoms with E-state index in [0.29, 0.717) is 28.7 Å². The third-order valence-corrected chi connectivity index (χ3v) is 3.71. The molecule has 0 aliphatic carbocycles. The van der Waals surface area contributed by atoms with E-state index >= 15 is 0 Å². The van der Waals surface area contributed by atoms with Crippen molar-refractivity contribution >= 4 is 34.8 Å². The van der Waals surface area contributed by atoms with E-state index in [1.165, 1.54) is 18.1 Å². The molecule has 6 heteroatoms. The van der Waals surface area contributed by atoms with Gasteiger partial charge in [0.25, 0.3) is 0 Å². The third-order valence-electron chi connectivity index (χ3n) is 3.48. The van der Waals surface area contributed by atoms with Crippen molar-refractivity contribution in [3.8, 4) is 5.75 Å². The first-order valence-electron chi connectivity index (χ1n) is 7.49. The molecule has 0 aliphatic rings. The van der Waals surface area contributed by atoms with Crippen molar-refractivity contribution in [2.75, 3.05) is 23.9 Å². The highest BCUT2D eigenvalue weighted by Gasteiger charge is 2.23. The number of nitrogens with zero attached hydrogens (tertiary/aromatic N) is 1. The molecule has 126 valence electrons. The Kier molecular flexibility index (Phi) is 5.82. The van der Waals surface area contributed by atoms with Crippen molar-refractivity contribution in [1.29, 1.82) is 0 Å². The molecule has 0 fully saturated rings. The molecule has 2 aromatic carbocycles. The first-order chi connectivity index (χ1) is 11.5. The van der Waals surface area contributed by atoms with Crippen LogP contribution in [-0.4, -0.2) is 25.5 Å². The Balaban J connectivity index is 2.22. The third kappa shape index (κ3) is 4.06. The van der Waals surface area contributed by atoms with Gasteiger partial charge in [-0.25, -0.2) is 0 Å². The normalized spacial score (nSPS) is 10.2. The van der Waals surface area contributed by atoms with Crippen LogP contribution in [0.15, 0.2) is 42.5 Å². The number of amides is 2. The lowest BCUT2D eigenvalue weighted by molar-refractivity contribution is -0.134. The fourth-order valence-electron chi connectivity index (χ4n) is 2.32. The number of carbonyl (C=O) groups is 2. The van der Waals surface area contributed by atoms with Gasteiger partial charge in [0.05, 0.1) is 12.8 Å². The lowest BCUT2D eigenvalue weighted by Gasteiger charge is -2.21. The summed E-state index contributed by atoms with van der Waals surface area (Å²) in [6.07, 6.45) is 0. The number of likely N-dealkylation sites (N-methyl/N-ethyl adjacent to an activating group) is 1. The van der Waals surface area contributed by atoms with Gasteiger partial charge in [0.1, 0.15) is 5.75 Å². The second-order valence-corrected chi connectivity index (χ2v) is 5.62. The smallest absolute Gasteiger partial charge is 0.316 e. The molecule has 1 N–H and O–H groups in total. The van der Waals surface area contributed by atoms with Crippen LogP contribution in [-0.2, 0) is 9.59 Å². The number of aryl methyl sites for hydroxylation is 1. The van der Waals surface area contributed by atoms with Crippen LogP contribution in [0.25, 0.3) is 0 Å². The van der Waals surface area contributed by atoms with Gasteiger partial charge >= 0.3 is 11.8 Å². The number of benzene rings is 2. The molecule has 2 aromatic rings. The van der Waals surface area contributed by atoms with E-state index in [2.05, 4.69) is 5.32 Å². The maximum atomic E-state index is 12.5. The molecular formula is C18H19ClN2O3.